The third-order valence-electron chi connectivity index (χ3n) is 1.62. The van der Waals surface area contributed by atoms with Crippen molar-refractivity contribution in [3.05, 3.63) is 0 Å². The molecule has 0 saturated heterocycles. The molecule has 0 fully saturated rings. The van der Waals surface area contributed by atoms with Gasteiger partial charge >= 0.3 is 12.1 Å². The molecule has 0 saturated carbocycles. The number of amides is 3. The van der Waals surface area contributed by atoms with Gasteiger partial charge in [-0.25, -0.2) is 9.59 Å². The monoisotopic (exact) mass is 278 g/mol. The number of thioether (sulfide) groups is 1. The van der Waals surface area contributed by atoms with Crippen LogP contribution in [0.4, 0.5) is 4.79 Å². The molecule has 0 unspecified atom stereocenters. The number of ether oxygens (including phenoxy) is 1. The van der Waals surface area contributed by atoms with Crippen LogP contribution in [-0.4, -0.2) is 53.6 Å². The molecule has 102 valence electrons. The number of methoxy groups -OCH3 is 1. The molecule has 0 aromatic heterocycles. The smallest absolute Gasteiger partial charge is 0.413 e. The zero-order valence-corrected chi connectivity index (χ0v) is 10.7. The maximum Gasteiger partial charge on any atom is 0.413 e. The Hall–Kier alpha value is -1.77. The lowest BCUT2D eigenvalue weighted by Gasteiger charge is -2.12. The zero-order chi connectivity index (χ0) is 14.1. The molecule has 0 spiro atoms. The molecule has 0 radical (unpaired) electrons. The number of aliphatic carboxylic acids is 1. The van der Waals surface area contributed by atoms with Gasteiger partial charge in [0.1, 0.15) is 6.04 Å². The summed E-state index contributed by atoms with van der Waals surface area (Å²) in [6, 6.07) is -1.07. The summed E-state index contributed by atoms with van der Waals surface area (Å²) >= 11 is 0.977. The minimum atomic E-state index is -1.19. The van der Waals surface area contributed by atoms with Crippen molar-refractivity contribution in [2.24, 2.45) is 0 Å². The number of hydrogen-bond acceptors (Lipinski definition) is 6. The van der Waals surface area contributed by atoms with E-state index < -0.39 is 29.9 Å². The summed E-state index contributed by atoms with van der Waals surface area (Å²) in [5.41, 5.74) is 0. The Bertz CT molecular complexity index is 346. The van der Waals surface area contributed by atoms with Crippen molar-refractivity contribution in [1.82, 2.24) is 10.6 Å². The van der Waals surface area contributed by atoms with Gasteiger partial charge in [-0.15, -0.1) is 11.8 Å². The van der Waals surface area contributed by atoms with Gasteiger partial charge in [0.25, 0.3) is 0 Å². The summed E-state index contributed by atoms with van der Waals surface area (Å²) in [7, 11) is 1.12. The largest absolute Gasteiger partial charge is 0.480 e. The molecular formula is C9H14N2O6S. The molecule has 18 heavy (non-hydrogen) atoms. The van der Waals surface area contributed by atoms with Gasteiger partial charge in [0.2, 0.25) is 11.8 Å². The highest BCUT2D eigenvalue weighted by atomic mass is 32.2. The lowest BCUT2D eigenvalue weighted by Crippen LogP contribution is -2.42. The fourth-order valence-electron chi connectivity index (χ4n) is 0.890. The molecule has 0 bridgehead atoms. The number of rotatable bonds is 6. The number of carbonyl (C=O) groups excluding carboxylic acids is 3. The van der Waals surface area contributed by atoms with E-state index in [-0.39, 0.29) is 11.5 Å². The number of carbonyl (C=O) groups is 4. The second-order valence-electron chi connectivity index (χ2n) is 3.15. The van der Waals surface area contributed by atoms with Gasteiger partial charge in [0.15, 0.2) is 0 Å². The number of alkyl carbamates (subject to hydrolysis) is 1. The highest BCUT2D eigenvalue weighted by Gasteiger charge is 2.19. The molecule has 0 aromatic rings. The fraction of sp³-hybridized carbons (Fsp3) is 0.556. The number of hydrogen-bond donors (Lipinski definition) is 3. The van der Waals surface area contributed by atoms with Crippen LogP contribution < -0.4 is 10.6 Å². The Kier molecular flexibility index (Phi) is 7.52. The molecule has 3 amide bonds. The number of carboxylic acid groups (broad SMARTS) is 1. The minimum Gasteiger partial charge on any atom is -0.480 e. The van der Waals surface area contributed by atoms with Crippen LogP contribution >= 0.6 is 11.8 Å². The second kappa shape index (κ2) is 8.34. The van der Waals surface area contributed by atoms with Crippen molar-refractivity contribution in [2.75, 3.05) is 18.6 Å². The highest BCUT2D eigenvalue weighted by molar-refractivity contribution is 8.00. The van der Waals surface area contributed by atoms with E-state index in [1.807, 2.05) is 5.32 Å². The van der Waals surface area contributed by atoms with Crippen molar-refractivity contribution in [1.29, 1.82) is 0 Å². The SMILES string of the molecule is COC(=O)NC(=O)CSC[C@H](NC(C)=O)C(=O)O. The Labute approximate surface area is 107 Å². The van der Waals surface area contributed by atoms with E-state index in [2.05, 4.69) is 10.1 Å². The van der Waals surface area contributed by atoms with Crippen LogP contribution in [-0.2, 0) is 19.1 Å². The summed E-state index contributed by atoms with van der Waals surface area (Å²) in [5, 5.41) is 12.9. The van der Waals surface area contributed by atoms with Crippen molar-refractivity contribution in [2.45, 2.75) is 13.0 Å². The van der Waals surface area contributed by atoms with E-state index >= 15 is 0 Å². The first-order valence-electron chi connectivity index (χ1n) is 4.82. The fourth-order valence-corrected chi connectivity index (χ4v) is 1.73. The Morgan fingerprint density at radius 2 is 1.94 bits per heavy atom. The summed E-state index contributed by atoms with van der Waals surface area (Å²) in [6.07, 6.45) is -0.878. The standard InChI is InChI=1S/C9H14N2O6S/c1-5(12)10-6(8(14)15)3-18-4-7(13)11-9(16)17-2/h6H,3-4H2,1-2H3,(H,10,12)(H,14,15)(H,11,13,16)/t6-/m0/s1. The van der Waals surface area contributed by atoms with Crippen LogP contribution in [0.2, 0.25) is 0 Å². The highest BCUT2D eigenvalue weighted by Crippen LogP contribution is 2.03. The molecule has 1 atom stereocenters. The van der Waals surface area contributed by atoms with Crippen molar-refractivity contribution >= 4 is 35.6 Å². The average Bonchev–Trinajstić information content (AvgIpc) is 2.26. The molecule has 0 aliphatic heterocycles. The first-order chi connectivity index (χ1) is 8.36. The van der Waals surface area contributed by atoms with Crippen LogP contribution in [0, 0.1) is 0 Å². The lowest BCUT2D eigenvalue weighted by atomic mass is 10.3. The summed E-state index contributed by atoms with van der Waals surface area (Å²) in [5.74, 6) is -2.35. The van der Waals surface area contributed by atoms with Crippen LogP contribution in [0.25, 0.3) is 0 Å². The van der Waals surface area contributed by atoms with E-state index in [0.29, 0.717) is 0 Å². The predicted octanol–water partition coefficient (Wildman–Crippen LogP) is -0.808. The molecule has 9 heteroatoms. The van der Waals surface area contributed by atoms with E-state index in [4.69, 9.17) is 5.11 Å². The lowest BCUT2D eigenvalue weighted by molar-refractivity contribution is -0.140. The van der Waals surface area contributed by atoms with E-state index in [1.54, 1.807) is 0 Å². The Morgan fingerprint density at radius 1 is 1.33 bits per heavy atom. The number of imide groups is 1. The van der Waals surface area contributed by atoms with Crippen LogP contribution in [0.3, 0.4) is 0 Å². The summed E-state index contributed by atoms with van der Waals surface area (Å²) in [6.45, 7) is 1.20. The summed E-state index contributed by atoms with van der Waals surface area (Å²) < 4.78 is 4.21. The molecular weight excluding hydrogens is 264 g/mol. The second-order valence-corrected chi connectivity index (χ2v) is 4.18. The van der Waals surface area contributed by atoms with Gasteiger partial charge in [-0.1, -0.05) is 0 Å². The summed E-state index contributed by atoms with van der Waals surface area (Å²) in [4.78, 5) is 43.2. The van der Waals surface area contributed by atoms with E-state index in [0.717, 1.165) is 18.9 Å². The van der Waals surface area contributed by atoms with E-state index in [9.17, 15) is 19.2 Å². The van der Waals surface area contributed by atoms with Gasteiger partial charge < -0.3 is 15.2 Å². The quantitative estimate of drug-likeness (QED) is 0.581. The number of carboxylic acids is 1. The normalized spacial score (nSPS) is 11.2. The molecule has 8 nitrogen and oxygen atoms in total. The third kappa shape index (κ3) is 7.49. The maximum atomic E-state index is 11.1. The first-order valence-corrected chi connectivity index (χ1v) is 5.97. The van der Waals surface area contributed by atoms with E-state index in [1.165, 1.54) is 6.92 Å². The molecule has 0 aromatic carbocycles. The van der Waals surface area contributed by atoms with Crippen LogP contribution in [0.1, 0.15) is 6.92 Å². The molecule has 0 heterocycles. The minimum absolute atomic E-state index is 0.0174. The van der Waals surface area contributed by atoms with Crippen molar-refractivity contribution in [3.8, 4) is 0 Å². The molecule has 0 aliphatic rings. The van der Waals surface area contributed by atoms with Gasteiger partial charge in [0, 0.05) is 12.7 Å². The van der Waals surface area contributed by atoms with Gasteiger partial charge in [-0.3, -0.25) is 14.9 Å². The number of nitrogens with one attached hydrogen (secondary N) is 2. The Morgan fingerprint density at radius 3 is 2.39 bits per heavy atom. The van der Waals surface area contributed by atoms with Gasteiger partial charge in [-0.05, 0) is 0 Å². The Balaban J connectivity index is 3.99. The zero-order valence-electron chi connectivity index (χ0n) is 9.89. The third-order valence-corrected chi connectivity index (χ3v) is 2.66. The molecule has 0 rings (SSSR count). The van der Waals surface area contributed by atoms with Crippen molar-refractivity contribution < 1.29 is 29.0 Å². The molecule has 0 aliphatic carbocycles. The van der Waals surface area contributed by atoms with Crippen LogP contribution in [0.15, 0.2) is 0 Å². The maximum absolute atomic E-state index is 11.1. The predicted molar refractivity (Wildman–Crippen MR) is 63.1 cm³/mol. The first kappa shape index (κ1) is 16.2. The van der Waals surface area contributed by atoms with Gasteiger partial charge in [-0.2, -0.15) is 0 Å². The molecule has 3 N–H and O–H groups in total. The van der Waals surface area contributed by atoms with Crippen LogP contribution in [0.5, 0.6) is 0 Å². The topological polar surface area (TPSA) is 122 Å². The van der Waals surface area contributed by atoms with Crippen molar-refractivity contribution in [3.63, 3.8) is 0 Å². The van der Waals surface area contributed by atoms with Gasteiger partial charge in [0.05, 0.1) is 12.9 Å². The average molecular weight is 278 g/mol.